The van der Waals surface area contributed by atoms with Gasteiger partial charge in [-0.05, 0) is 41.2 Å². The SMILES string of the molecule is CC(C)(C)[C@H](c1nc(-c2cc(F)ccc2F)cn1Cc1ccccc1)N(CC[C@@H](N)CF)C(=O)CNC(=O)[C@H](c1ccccc1)N1C(=O)C=CC1=O. The van der Waals surface area contributed by atoms with Crippen LogP contribution in [0.2, 0.25) is 0 Å². The van der Waals surface area contributed by atoms with Crippen LogP contribution in [0.15, 0.2) is 97.2 Å². The third-order valence-corrected chi connectivity index (χ3v) is 8.72. The zero-order valence-electron chi connectivity index (χ0n) is 29.1. The maximum Gasteiger partial charge on any atom is 0.254 e. The van der Waals surface area contributed by atoms with E-state index in [0.717, 1.165) is 40.8 Å². The maximum atomic E-state index is 15.1. The minimum Gasteiger partial charge on any atom is -0.345 e. The van der Waals surface area contributed by atoms with E-state index in [-0.39, 0.29) is 30.8 Å². The zero-order valence-corrected chi connectivity index (χ0v) is 29.1. The molecule has 0 unspecified atom stereocenters. The summed E-state index contributed by atoms with van der Waals surface area (Å²) in [6.07, 6.45) is 3.80. The number of amides is 4. The topological polar surface area (TPSA) is 131 Å². The fourth-order valence-corrected chi connectivity index (χ4v) is 6.23. The number of nitrogens with zero attached hydrogens (tertiary/aromatic N) is 4. The van der Waals surface area contributed by atoms with Crippen molar-refractivity contribution in [3.8, 4) is 11.3 Å². The lowest BCUT2D eigenvalue weighted by Crippen LogP contribution is -2.50. The van der Waals surface area contributed by atoms with Crippen molar-refractivity contribution >= 4 is 23.6 Å². The summed E-state index contributed by atoms with van der Waals surface area (Å²) >= 11 is 0. The third kappa shape index (κ3) is 8.65. The highest BCUT2D eigenvalue weighted by atomic mass is 19.1. The van der Waals surface area contributed by atoms with Gasteiger partial charge in [-0.15, -0.1) is 0 Å². The van der Waals surface area contributed by atoms with E-state index in [1.165, 1.54) is 4.90 Å². The van der Waals surface area contributed by atoms with E-state index in [1.807, 2.05) is 51.1 Å². The number of rotatable bonds is 14. The summed E-state index contributed by atoms with van der Waals surface area (Å²) in [6.45, 7) is 4.44. The van der Waals surface area contributed by atoms with Crippen LogP contribution in [0.3, 0.4) is 0 Å². The number of imide groups is 1. The molecule has 10 nitrogen and oxygen atoms in total. The summed E-state index contributed by atoms with van der Waals surface area (Å²) < 4.78 is 44.9. The molecular weight excluding hydrogens is 673 g/mol. The molecule has 0 radical (unpaired) electrons. The predicted octanol–water partition coefficient (Wildman–Crippen LogP) is 5.26. The van der Waals surface area contributed by atoms with Crippen LogP contribution in [0, 0.1) is 17.0 Å². The van der Waals surface area contributed by atoms with Crippen molar-refractivity contribution in [2.45, 2.75) is 51.9 Å². The van der Waals surface area contributed by atoms with Crippen LogP contribution < -0.4 is 11.1 Å². The Labute approximate surface area is 300 Å². The molecule has 4 aromatic rings. The number of alkyl halides is 1. The molecule has 3 aromatic carbocycles. The van der Waals surface area contributed by atoms with E-state index in [2.05, 4.69) is 5.32 Å². The molecule has 272 valence electrons. The van der Waals surface area contributed by atoms with Gasteiger partial charge in [0, 0.05) is 43.0 Å². The number of imidazole rings is 1. The maximum absolute atomic E-state index is 15.1. The van der Waals surface area contributed by atoms with Crippen LogP contribution in [0.4, 0.5) is 13.2 Å². The van der Waals surface area contributed by atoms with Crippen molar-refractivity contribution < 1.29 is 32.3 Å². The van der Waals surface area contributed by atoms with Gasteiger partial charge in [0.15, 0.2) is 0 Å². The van der Waals surface area contributed by atoms with Crippen LogP contribution >= 0.6 is 0 Å². The van der Waals surface area contributed by atoms with E-state index < -0.39 is 72.0 Å². The highest BCUT2D eigenvalue weighted by Crippen LogP contribution is 2.40. The number of hydrogen-bond acceptors (Lipinski definition) is 6. The second-order valence-electron chi connectivity index (χ2n) is 13.7. The fourth-order valence-electron chi connectivity index (χ4n) is 6.23. The highest BCUT2D eigenvalue weighted by molar-refractivity contribution is 6.15. The normalized spacial score (nSPS) is 14.7. The van der Waals surface area contributed by atoms with Gasteiger partial charge in [-0.3, -0.25) is 24.1 Å². The number of halogens is 3. The summed E-state index contributed by atoms with van der Waals surface area (Å²) in [5.74, 6) is -3.71. The van der Waals surface area contributed by atoms with Crippen LogP contribution in [-0.4, -0.2) is 68.8 Å². The van der Waals surface area contributed by atoms with Crippen molar-refractivity contribution in [3.05, 3.63) is 126 Å². The summed E-state index contributed by atoms with van der Waals surface area (Å²) in [5, 5.41) is 2.61. The molecule has 5 rings (SSSR count). The van der Waals surface area contributed by atoms with Gasteiger partial charge in [0.1, 0.15) is 30.2 Å². The summed E-state index contributed by atoms with van der Waals surface area (Å²) in [6, 6.07) is 17.6. The Morgan fingerprint density at radius 2 is 1.58 bits per heavy atom. The minimum atomic E-state index is -1.36. The highest BCUT2D eigenvalue weighted by Gasteiger charge is 2.40. The van der Waals surface area contributed by atoms with Crippen molar-refractivity contribution in [1.82, 2.24) is 24.7 Å². The van der Waals surface area contributed by atoms with Gasteiger partial charge in [0.25, 0.3) is 11.8 Å². The number of carbonyl (C=O) groups is 4. The van der Waals surface area contributed by atoms with Gasteiger partial charge in [0.2, 0.25) is 11.8 Å². The molecule has 0 aliphatic carbocycles. The van der Waals surface area contributed by atoms with Crippen molar-refractivity contribution in [2.75, 3.05) is 19.8 Å². The van der Waals surface area contributed by atoms with Crippen LogP contribution in [0.5, 0.6) is 0 Å². The van der Waals surface area contributed by atoms with Gasteiger partial charge in [-0.25, -0.2) is 18.2 Å². The quantitative estimate of drug-likeness (QED) is 0.172. The largest absolute Gasteiger partial charge is 0.345 e. The first-order chi connectivity index (χ1) is 24.8. The average Bonchev–Trinajstić information content (AvgIpc) is 3.68. The van der Waals surface area contributed by atoms with Gasteiger partial charge in [0.05, 0.1) is 18.3 Å². The molecule has 3 N–H and O–H groups in total. The third-order valence-electron chi connectivity index (χ3n) is 8.72. The number of benzene rings is 3. The summed E-state index contributed by atoms with van der Waals surface area (Å²) in [4.78, 5) is 60.5. The number of aromatic nitrogens is 2. The second kappa shape index (κ2) is 16.2. The minimum absolute atomic E-state index is 0.0429. The first-order valence-electron chi connectivity index (χ1n) is 16.8. The first-order valence-corrected chi connectivity index (χ1v) is 16.8. The monoisotopic (exact) mass is 714 g/mol. The van der Waals surface area contributed by atoms with Gasteiger partial charge < -0.3 is 20.5 Å². The van der Waals surface area contributed by atoms with E-state index in [1.54, 1.807) is 41.1 Å². The Hall–Kier alpha value is -5.56. The molecule has 1 aromatic heterocycles. The Morgan fingerprint density at radius 1 is 0.942 bits per heavy atom. The van der Waals surface area contributed by atoms with E-state index in [4.69, 9.17) is 10.7 Å². The lowest BCUT2D eigenvalue weighted by atomic mass is 9.84. The average molecular weight is 715 g/mol. The molecule has 1 aliphatic heterocycles. The molecule has 3 atom stereocenters. The Kier molecular flexibility index (Phi) is 11.7. The molecule has 13 heteroatoms. The van der Waals surface area contributed by atoms with Crippen LogP contribution in [0.25, 0.3) is 11.3 Å². The van der Waals surface area contributed by atoms with E-state index >= 15 is 4.39 Å². The Morgan fingerprint density at radius 3 is 2.19 bits per heavy atom. The molecule has 1 aliphatic rings. The van der Waals surface area contributed by atoms with Crippen LogP contribution in [0.1, 0.15) is 56.2 Å². The number of nitrogens with two attached hydrogens (primary N) is 1. The molecule has 0 spiro atoms. The molecule has 0 fully saturated rings. The smallest absolute Gasteiger partial charge is 0.254 e. The summed E-state index contributed by atoms with van der Waals surface area (Å²) in [5.41, 5.74) is 6.51. The molecule has 0 saturated carbocycles. The molecule has 0 saturated heterocycles. The van der Waals surface area contributed by atoms with E-state index in [0.29, 0.717) is 11.4 Å². The molecular formula is C39H41F3N6O4. The predicted molar refractivity (Wildman–Crippen MR) is 189 cm³/mol. The Balaban J connectivity index is 1.54. The zero-order chi connectivity index (χ0) is 37.6. The number of carbonyl (C=O) groups excluding carboxylic acids is 4. The molecule has 52 heavy (non-hydrogen) atoms. The second-order valence-corrected chi connectivity index (χ2v) is 13.7. The van der Waals surface area contributed by atoms with E-state index in [9.17, 15) is 28.0 Å². The molecule has 2 heterocycles. The molecule has 4 amide bonds. The molecule has 0 bridgehead atoms. The lowest BCUT2D eigenvalue weighted by Gasteiger charge is -2.40. The number of hydrogen-bond donors (Lipinski definition) is 2. The summed E-state index contributed by atoms with van der Waals surface area (Å²) in [7, 11) is 0. The van der Waals surface area contributed by atoms with Gasteiger partial charge >= 0.3 is 0 Å². The van der Waals surface area contributed by atoms with Gasteiger partial charge in [-0.1, -0.05) is 81.4 Å². The number of nitrogens with one attached hydrogen (secondary N) is 1. The van der Waals surface area contributed by atoms with Crippen molar-refractivity contribution in [3.63, 3.8) is 0 Å². The van der Waals surface area contributed by atoms with Crippen molar-refractivity contribution in [1.29, 1.82) is 0 Å². The first kappa shape index (κ1) is 37.7. The van der Waals surface area contributed by atoms with Crippen molar-refractivity contribution in [2.24, 2.45) is 11.1 Å². The van der Waals surface area contributed by atoms with Crippen LogP contribution in [-0.2, 0) is 25.7 Å². The fraction of sp³-hybridized carbons (Fsp3) is 0.308. The Bertz CT molecular complexity index is 1930. The standard InChI is InChI=1S/C39H41F3N6O4/c1-39(2,3)36(37-45-31(29-20-27(41)14-15-30(29)42)24-46(37)23-25-10-6-4-7-11-25)47(19-18-28(43)21-40)34(51)22-44-38(52)35(26-12-8-5-9-13-26)48-32(49)16-17-33(48)50/h4-17,20,24,28,35-36H,18-19,21-23,43H2,1-3H3,(H,44,52)/t28-,35+,36+/m1/s1. The lowest BCUT2D eigenvalue weighted by molar-refractivity contribution is -0.146. The van der Waals surface area contributed by atoms with Gasteiger partial charge in [-0.2, -0.15) is 0 Å².